The molecule has 12 heavy (non-hydrogen) atoms. The Hall–Kier alpha value is -0.830. The highest BCUT2D eigenvalue weighted by atomic mass is 16.3. The summed E-state index contributed by atoms with van der Waals surface area (Å²) in [4.78, 5) is 12.8. The molecule has 0 fully saturated rings. The quantitative estimate of drug-likeness (QED) is 0.577. The van der Waals surface area contributed by atoms with Gasteiger partial charge in [0.25, 0.3) is 0 Å². The number of carbonyl (C=O) groups excluding carboxylic acids is 1. The first-order valence-corrected chi connectivity index (χ1v) is 4.19. The summed E-state index contributed by atoms with van der Waals surface area (Å²) in [6.07, 6.45) is 2.17. The standard InChI is InChI=1S/C9H15NO2/c1-7-3-8(2)5-10(4-7)9(12)6-11/h3,7,11H,4-6H2,1-2H3. The van der Waals surface area contributed by atoms with E-state index in [0.29, 0.717) is 12.5 Å². The summed E-state index contributed by atoms with van der Waals surface area (Å²) in [6.45, 7) is 5.11. The Kier molecular flexibility index (Phi) is 2.87. The Labute approximate surface area is 72.7 Å². The van der Waals surface area contributed by atoms with Crippen molar-refractivity contribution in [3.8, 4) is 0 Å². The van der Waals surface area contributed by atoms with E-state index in [-0.39, 0.29) is 12.5 Å². The number of nitrogens with zero attached hydrogens (tertiary/aromatic N) is 1. The van der Waals surface area contributed by atoms with Gasteiger partial charge in [0.1, 0.15) is 6.61 Å². The maximum absolute atomic E-state index is 11.1. The predicted molar refractivity (Wildman–Crippen MR) is 46.6 cm³/mol. The third kappa shape index (κ3) is 2.08. The van der Waals surface area contributed by atoms with Gasteiger partial charge in [-0.1, -0.05) is 18.6 Å². The van der Waals surface area contributed by atoms with Crippen molar-refractivity contribution in [1.82, 2.24) is 4.90 Å². The van der Waals surface area contributed by atoms with Gasteiger partial charge in [-0.25, -0.2) is 0 Å². The minimum Gasteiger partial charge on any atom is -0.387 e. The van der Waals surface area contributed by atoms with E-state index < -0.39 is 0 Å². The minimum atomic E-state index is -0.375. The summed E-state index contributed by atoms with van der Waals surface area (Å²) in [6, 6.07) is 0. The van der Waals surface area contributed by atoms with Gasteiger partial charge >= 0.3 is 0 Å². The van der Waals surface area contributed by atoms with Crippen molar-refractivity contribution in [2.45, 2.75) is 13.8 Å². The number of hydrogen-bond donors (Lipinski definition) is 1. The molecule has 1 N–H and O–H groups in total. The molecule has 1 heterocycles. The molecule has 1 rings (SSSR count). The van der Waals surface area contributed by atoms with Crippen LogP contribution in [0.5, 0.6) is 0 Å². The van der Waals surface area contributed by atoms with Gasteiger partial charge in [0.2, 0.25) is 5.91 Å². The number of carbonyl (C=O) groups is 1. The number of rotatable bonds is 1. The molecule has 1 aliphatic rings. The van der Waals surface area contributed by atoms with E-state index in [9.17, 15) is 4.79 Å². The number of aliphatic hydroxyl groups excluding tert-OH is 1. The van der Waals surface area contributed by atoms with Crippen LogP contribution in [0.3, 0.4) is 0 Å². The molecular weight excluding hydrogens is 154 g/mol. The van der Waals surface area contributed by atoms with Crippen LogP contribution < -0.4 is 0 Å². The van der Waals surface area contributed by atoms with Gasteiger partial charge in [-0.15, -0.1) is 0 Å². The Balaban J connectivity index is 2.61. The molecule has 0 saturated heterocycles. The fraction of sp³-hybridized carbons (Fsp3) is 0.667. The molecule has 0 aromatic heterocycles. The topological polar surface area (TPSA) is 40.5 Å². The van der Waals surface area contributed by atoms with E-state index in [4.69, 9.17) is 5.11 Å². The van der Waals surface area contributed by atoms with Gasteiger partial charge in [-0.05, 0) is 12.8 Å². The van der Waals surface area contributed by atoms with Crippen LogP contribution in [0.1, 0.15) is 13.8 Å². The first-order chi connectivity index (χ1) is 5.63. The number of hydrogen-bond acceptors (Lipinski definition) is 2. The zero-order valence-electron chi connectivity index (χ0n) is 7.58. The molecule has 0 aromatic carbocycles. The van der Waals surface area contributed by atoms with Gasteiger partial charge in [-0.3, -0.25) is 4.79 Å². The lowest BCUT2D eigenvalue weighted by Gasteiger charge is -2.29. The third-order valence-electron chi connectivity index (χ3n) is 2.01. The summed E-state index contributed by atoms with van der Waals surface area (Å²) in [5.74, 6) is 0.239. The van der Waals surface area contributed by atoms with Crippen LogP contribution in [-0.4, -0.2) is 35.6 Å². The average molecular weight is 169 g/mol. The van der Waals surface area contributed by atoms with E-state index in [1.165, 1.54) is 5.57 Å². The van der Waals surface area contributed by atoms with E-state index in [1.807, 2.05) is 6.92 Å². The second-order valence-electron chi connectivity index (χ2n) is 3.42. The Bertz CT molecular complexity index is 211. The summed E-state index contributed by atoms with van der Waals surface area (Å²) in [5.41, 5.74) is 1.20. The van der Waals surface area contributed by atoms with Gasteiger partial charge < -0.3 is 10.0 Å². The maximum atomic E-state index is 11.1. The molecule has 0 saturated carbocycles. The SMILES string of the molecule is CC1=CC(C)CN(C(=O)CO)C1. The van der Waals surface area contributed by atoms with Crippen molar-refractivity contribution < 1.29 is 9.90 Å². The molecule has 0 spiro atoms. The third-order valence-corrected chi connectivity index (χ3v) is 2.01. The Morgan fingerprint density at radius 2 is 2.50 bits per heavy atom. The molecule has 1 unspecified atom stereocenters. The van der Waals surface area contributed by atoms with Gasteiger partial charge in [0, 0.05) is 13.1 Å². The first-order valence-electron chi connectivity index (χ1n) is 4.19. The summed E-state index contributed by atoms with van der Waals surface area (Å²) in [7, 11) is 0. The van der Waals surface area contributed by atoms with Crippen LogP contribution >= 0.6 is 0 Å². The van der Waals surface area contributed by atoms with E-state index in [1.54, 1.807) is 4.90 Å². The first kappa shape index (κ1) is 9.26. The summed E-state index contributed by atoms with van der Waals surface area (Å²) >= 11 is 0. The molecule has 1 atom stereocenters. The molecule has 1 amide bonds. The van der Waals surface area contributed by atoms with Crippen molar-refractivity contribution in [2.24, 2.45) is 5.92 Å². The van der Waals surface area contributed by atoms with E-state index in [2.05, 4.69) is 13.0 Å². The van der Waals surface area contributed by atoms with Crippen molar-refractivity contribution >= 4 is 5.91 Å². The van der Waals surface area contributed by atoms with Crippen LogP contribution in [0.2, 0.25) is 0 Å². The molecule has 3 heteroatoms. The second kappa shape index (κ2) is 3.72. The monoisotopic (exact) mass is 169 g/mol. The van der Waals surface area contributed by atoms with Gasteiger partial charge in [0.05, 0.1) is 0 Å². The average Bonchev–Trinajstić information content (AvgIpc) is 2.01. The number of amides is 1. The molecular formula is C9H15NO2. The molecule has 3 nitrogen and oxygen atoms in total. The Morgan fingerprint density at radius 1 is 1.83 bits per heavy atom. The summed E-state index contributed by atoms with van der Waals surface area (Å²) < 4.78 is 0. The fourth-order valence-electron chi connectivity index (χ4n) is 1.59. The van der Waals surface area contributed by atoms with Crippen LogP contribution in [0.25, 0.3) is 0 Å². The highest BCUT2D eigenvalue weighted by molar-refractivity contribution is 5.77. The van der Waals surface area contributed by atoms with Crippen molar-refractivity contribution in [3.63, 3.8) is 0 Å². The Morgan fingerprint density at radius 3 is 3.00 bits per heavy atom. The maximum Gasteiger partial charge on any atom is 0.248 e. The fourth-order valence-corrected chi connectivity index (χ4v) is 1.59. The van der Waals surface area contributed by atoms with Crippen molar-refractivity contribution in [1.29, 1.82) is 0 Å². The normalized spacial score (nSPS) is 23.8. The predicted octanol–water partition coefficient (Wildman–Crippen LogP) is 0.403. The zero-order chi connectivity index (χ0) is 9.14. The smallest absolute Gasteiger partial charge is 0.248 e. The van der Waals surface area contributed by atoms with Crippen LogP contribution in [0.4, 0.5) is 0 Å². The molecule has 0 aromatic rings. The second-order valence-corrected chi connectivity index (χ2v) is 3.42. The molecule has 0 radical (unpaired) electrons. The lowest BCUT2D eigenvalue weighted by atomic mass is 10.0. The van der Waals surface area contributed by atoms with Gasteiger partial charge in [0.15, 0.2) is 0 Å². The van der Waals surface area contributed by atoms with E-state index >= 15 is 0 Å². The van der Waals surface area contributed by atoms with Crippen LogP contribution in [-0.2, 0) is 4.79 Å². The molecule has 68 valence electrons. The summed E-state index contributed by atoms with van der Waals surface area (Å²) in [5, 5.41) is 8.65. The zero-order valence-corrected chi connectivity index (χ0v) is 7.58. The van der Waals surface area contributed by atoms with Gasteiger partial charge in [-0.2, -0.15) is 0 Å². The lowest BCUT2D eigenvalue weighted by molar-refractivity contribution is -0.134. The minimum absolute atomic E-state index is 0.172. The van der Waals surface area contributed by atoms with Crippen LogP contribution in [0, 0.1) is 5.92 Å². The van der Waals surface area contributed by atoms with Crippen LogP contribution in [0.15, 0.2) is 11.6 Å². The molecule has 1 aliphatic heterocycles. The molecule has 0 aliphatic carbocycles. The van der Waals surface area contributed by atoms with Crippen molar-refractivity contribution in [2.75, 3.05) is 19.7 Å². The van der Waals surface area contributed by atoms with Crippen molar-refractivity contribution in [3.05, 3.63) is 11.6 Å². The molecule has 0 bridgehead atoms. The number of aliphatic hydroxyl groups is 1. The highest BCUT2D eigenvalue weighted by Gasteiger charge is 2.18. The lowest BCUT2D eigenvalue weighted by Crippen LogP contribution is -2.39. The van der Waals surface area contributed by atoms with E-state index in [0.717, 1.165) is 6.54 Å². The highest BCUT2D eigenvalue weighted by Crippen LogP contribution is 2.13. The largest absolute Gasteiger partial charge is 0.387 e.